The number of hydrogen-bond acceptors (Lipinski definition) is 3. The standard InChI is InChI=1S/C16H23NO2/c1-17-16(12-7-10-6-11(10)8-12)14-5-4-13(18-2)9-15(14)19-3/h4-5,9-12,16-17H,6-8H2,1-3H3. The van der Waals surface area contributed by atoms with Crippen LogP contribution < -0.4 is 14.8 Å². The van der Waals surface area contributed by atoms with Gasteiger partial charge in [-0.25, -0.2) is 0 Å². The highest BCUT2D eigenvalue weighted by molar-refractivity contribution is 5.43. The molecule has 1 aromatic rings. The highest BCUT2D eigenvalue weighted by atomic mass is 16.5. The lowest BCUT2D eigenvalue weighted by molar-refractivity contribution is 0.337. The number of methoxy groups -OCH3 is 2. The van der Waals surface area contributed by atoms with Crippen LogP contribution in [0.1, 0.15) is 30.9 Å². The molecule has 3 atom stereocenters. The van der Waals surface area contributed by atoms with Crippen LogP contribution in [-0.2, 0) is 0 Å². The van der Waals surface area contributed by atoms with Crippen LogP contribution in [0, 0.1) is 17.8 Å². The molecule has 0 amide bonds. The zero-order valence-electron chi connectivity index (χ0n) is 12.0. The molecule has 2 aliphatic carbocycles. The Kier molecular flexibility index (Phi) is 3.40. The van der Waals surface area contributed by atoms with Crippen LogP contribution in [-0.4, -0.2) is 21.3 Å². The van der Waals surface area contributed by atoms with Crippen LogP contribution in [0.25, 0.3) is 0 Å². The zero-order chi connectivity index (χ0) is 13.4. The van der Waals surface area contributed by atoms with Crippen LogP contribution in [0.2, 0.25) is 0 Å². The minimum atomic E-state index is 0.397. The topological polar surface area (TPSA) is 30.5 Å². The molecule has 2 fully saturated rings. The number of hydrogen-bond donors (Lipinski definition) is 1. The summed E-state index contributed by atoms with van der Waals surface area (Å²) in [5.74, 6) is 4.54. The van der Waals surface area contributed by atoms with Gasteiger partial charge in [0.1, 0.15) is 11.5 Å². The third-order valence-corrected chi connectivity index (χ3v) is 4.84. The Labute approximate surface area is 115 Å². The van der Waals surface area contributed by atoms with Crippen molar-refractivity contribution in [3.63, 3.8) is 0 Å². The maximum atomic E-state index is 5.55. The fourth-order valence-electron chi connectivity index (χ4n) is 3.75. The van der Waals surface area contributed by atoms with Crippen LogP contribution >= 0.6 is 0 Å². The van der Waals surface area contributed by atoms with Gasteiger partial charge in [-0.2, -0.15) is 0 Å². The van der Waals surface area contributed by atoms with Gasteiger partial charge >= 0.3 is 0 Å². The third-order valence-electron chi connectivity index (χ3n) is 4.84. The first-order valence-electron chi connectivity index (χ1n) is 7.16. The van der Waals surface area contributed by atoms with E-state index in [4.69, 9.17) is 9.47 Å². The lowest BCUT2D eigenvalue weighted by atomic mass is 9.88. The molecule has 104 valence electrons. The molecule has 0 radical (unpaired) electrons. The number of ether oxygens (including phenoxy) is 2. The first-order chi connectivity index (χ1) is 9.26. The predicted octanol–water partition coefficient (Wildman–Crippen LogP) is 3.01. The number of nitrogens with one attached hydrogen (secondary N) is 1. The Bertz CT molecular complexity index is 450. The molecule has 1 N–H and O–H groups in total. The fraction of sp³-hybridized carbons (Fsp3) is 0.625. The van der Waals surface area contributed by atoms with Gasteiger partial charge in [-0.1, -0.05) is 6.07 Å². The van der Waals surface area contributed by atoms with Crippen LogP contribution in [0.3, 0.4) is 0 Å². The van der Waals surface area contributed by atoms with E-state index in [1.54, 1.807) is 14.2 Å². The molecule has 0 aliphatic heterocycles. The molecule has 0 saturated heterocycles. The molecular formula is C16H23NO2. The van der Waals surface area contributed by atoms with Crippen molar-refractivity contribution < 1.29 is 9.47 Å². The fourth-order valence-corrected chi connectivity index (χ4v) is 3.75. The van der Waals surface area contributed by atoms with Crippen molar-refractivity contribution in [1.29, 1.82) is 0 Å². The Hall–Kier alpha value is -1.22. The maximum Gasteiger partial charge on any atom is 0.127 e. The molecule has 3 heteroatoms. The third kappa shape index (κ3) is 2.32. The summed E-state index contributed by atoms with van der Waals surface area (Å²) in [6.45, 7) is 0. The second kappa shape index (κ2) is 5.04. The van der Waals surface area contributed by atoms with E-state index in [9.17, 15) is 0 Å². The van der Waals surface area contributed by atoms with Gasteiger partial charge in [0.15, 0.2) is 0 Å². The van der Waals surface area contributed by atoms with Gasteiger partial charge in [-0.15, -0.1) is 0 Å². The van der Waals surface area contributed by atoms with E-state index in [2.05, 4.69) is 18.4 Å². The zero-order valence-corrected chi connectivity index (χ0v) is 12.0. The number of fused-ring (bicyclic) bond motifs is 1. The van der Waals surface area contributed by atoms with Crippen molar-refractivity contribution in [2.24, 2.45) is 17.8 Å². The van der Waals surface area contributed by atoms with Crippen molar-refractivity contribution in [3.05, 3.63) is 23.8 Å². The summed E-state index contributed by atoms with van der Waals surface area (Å²) in [6, 6.07) is 6.55. The monoisotopic (exact) mass is 261 g/mol. The summed E-state index contributed by atoms with van der Waals surface area (Å²) >= 11 is 0. The minimum absolute atomic E-state index is 0.397. The van der Waals surface area contributed by atoms with E-state index in [0.717, 1.165) is 29.3 Å². The largest absolute Gasteiger partial charge is 0.497 e. The summed E-state index contributed by atoms with van der Waals surface area (Å²) in [5, 5.41) is 3.49. The van der Waals surface area contributed by atoms with Crippen molar-refractivity contribution in [2.75, 3.05) is 21.3 Å². The quantitative estimate of drug-likeness (QED) is 0.884. The highest BCUT2D eigenvalue weighted by Crippen LogP contribution is 2.57. The van der Waals surface area contributed by atoms with Gasteiger partial charge in [0.05, 0.1) is 14.2 Å². The molecule has 2 saturated carbocycles. The summed E-state index contributed by atoms with van der Waals surface area (Å²) in [4.78, 5) is 0. The maximum absolute atomic E-state index is 5.55. The molecule has 19 heavy (non-hydrogen) atoms. The molecule has 3 unspecified atom stereocenters. The lowest BCUT2D eigenvalue weighted by Gasteiger charge is -2.26. The van der Waals surface area contributed by atoms with E-state index >= 15 is 0 Å². The van der Waals surface area contributed by atoms with E-state index in [1.807, 2.05) is 12.1 Å². The molecule has 0 heterocycles. The molecular weight excluding hydrogens is 238 g/mol. The van der Waals surface area contributed by atoms with E-state index in [-0.39, 0.29) is 0 Å². The van der Waals surface area contributed by atoms with E-state index < -0.39 is 0 Å². The molecule has 0 bridgehead atoms. The first-order valence-corrected chi connectivity index (χ1v) is 7.16. The summed E-state index contributed by atoms with van der Waals surface area (Å²) in [6.07, 6.45) is 4.20. The van der Waals surface area contributed by atoms with Crippen molar-refractivity contribution in [2.45, 2.75) is 25.3 Å². The van der Waals surface area contributed by atoms with Crippen molar-refractivity contribution in [1.82, 2.24) is 5.32 Å². The van der Waals surface area contributed by atoms with Gasteiger partial charge in [-0.3, -0.25) is 0 Å². The smallest absolute Gasteiger partial charge is 0.127 e. The molecule has 3 rings (SSSR count). The molecule has 0 aromatic heterocycles. The Morgan fingerprint density at radius 3 is 2.42 bits per heavy atom. The number of rotatable bonds is 5. The van der Waals surface area contributed by atoms with Gasteiger partial charge < -0.3 is 14.8 Å². The average molecular weight is 261 g/mol. The first kappa shape index (κ1) is 12.8. The predicted molar refractivity (Wildman–Crippen MR) is 75.7 cm³/mol. The number of benzene rings is 1. The average Bonchev–Trinajstić information content (AvgIpc) is 3.06. The van der Waals surface area contributed by atoms with Gasteiger partial charge in [0.2, 0.25) is 0 Å². The Balaban J connectivity index is 1.85. The highest BCUT2D eigenvalue weighted by Gasteiger charge is 2.48. The second-order valence-corrected chi connectivity index (χ2v) is 5.86. The summed E-state index contributed by atoms with van der Waals surface area (Å²) in [5.41, 5.74) is 1.26. The van der Waals surface area contributed by atoms with Crippen LogP contribution in [0.5, 0.6) is 11.5 Å². The van der Waals surface area contributed by atoms with Crippen LogP contribution in [0.4, 0.5) is 0 Å². The molecule has 1 aromatic carbocycles. The Morgan fingerprint density at radius 1 is 1.11 bits per heavy atom. The molecule has 2 aliphatic rings. The van der Waals surface area contributed by atoms with Crippen molar-refractivity contribution >= 4 is 0 Å². The van der Waals surface area contributed by atoms with Crippen molar-refractivity contribution in [3.8, 4) is 11.5 Å². The minimum Gasteiger partial charge on any atom is -0.497 e. The summed E-state index contributed by atoms with van der Waals surface area (Å²) < 4.78 is 10.8. The second-order valence-electron chi connectivity index (χ2n) is 5.86. The van der Waals surface area contributed by atoms with E-state index in [1.165, 1.54) is 24.8 Å². The molecule has 3 nitrogen and oxygen atoms in total. The van der Waals surface area contributed by atoms with Gasteiger partial charge in [-0.05, 0) is 50.1 Å². The van der Waals surface area contributed by atoms with E-state index in [0.29, 0.717) is 6.04 Å². The lowest BCUT2D eigenvalue weighted by Crippen LogP contribution is -2.25. The van der Waals surface area contributed by atoms with Crippen LogP contribution in [0.15, 0.2) is 18.2 Å². The Morgan fingerprint density at radius 2 is 1.84 bits per heavy atom. The van der Waals surface area contributed by atoms with Gasteiger partial charge in [0, 0.05) is 17.7 Å². The SMILES string of the molecule is CNC(c1ccc(OC)cc1OC)C1CC2CC2C1. The van der Waals surface area contributed by atoms with Gasteiger partial charge in [0.25, 0.3) is 0 Å². The summed E-state index contributed by atoms with van der Waals surface area (Å²) in [7, 11) is 5.48. The molecule has 0 spiro atoms. The normalized spacial score (nSPS) is 29.7.